The van der Waals surface area contributed by atoms with Crippen LogP contribution in [-0.4, -0.2) is 26.8 Å². The molecule has 0 unspecified atom stereocenters. The lowest BCUT2D eigenvalue weighted by Gasteiger charge is -2.04. The van der Waals surface area contributed by atoms with Crippen molar-refractivity contribution in [2.45, 2.75) is 17.5 Å². The molecule has 1 aromatic heterocycles. The van der Waals surface area contributed by atoms with Crippen molar-refractivity contribution >= 4 is 27.7 Å². The molecule has 0 radical (unpaired) electrons. The molecule has 0 aliphatic heterocycles. The summed E-state index contributed by atoms with van der Waals surface area (Å²) in [6, 6.07) is 4.85. The van der Waals surface area contributed by atoms with E-state index in [1.807, 2.05) is 0 Å². The molecule has 2 aromatic rings. The Morgan fingerprint density at radius 1 is 1.44 bits per heavy atom. The summed E-state index contributed by atoms with van der Waals surface area (Å²) in [4.78, 5) is 0. The van der Waals surface area contributed by atoms with Crippen LogP contribution in [0.2, 0.25) is 0 Å². The van der Waals surface area contributed by atoms with Crippen LogP contribution >= 0.6 is 27.7 Å². The van der Waals surface area contributed by atoms with Crippen LogP contribution in [0.3, 0.4) is 0 Å². The predicted octanol–water partition coefficient (Wildman–Crippen LogP) is 1.83. The summed E-state index contributed by atoms with van der Waals surface area (Å²) in [5.41, 5.74) is 6.06. The molecule has 0 amide bonds. The van der Waals surface area contributed by atoms with E-state index in [9.17, 15) is 4.39 Å². The Kier molecular flexibility index (Phi) is 4.67. The molecule has 0 saturated heterocycles. The van der Waals surface area contributed by atoms with Crippen molar-refractivity contribution in [2.75, 3.05) is 6.54 Å². The lowest BCUT2D eigenvalue weighted by atomic mass is 10.2. The van der Waals surface area contributed by atoms with E-state index in [1.54, 1.807) is 16.8 Å². The van der Waals surface area contributed by atoms with Gasteiger partial charge in [-0.15, -0.1) is 5.10 Å². The molecule has 2 N–H and O–H groups in total. The van der Waals surface area contributed by atoms with Crippen molar-refractivity contribution in [1.82, 2.24) is 20.2 Å². The molecule has 0 saturated carbocycles. The molecule has 8 heteroatoms. The van der Waals surface area contributed by atoms with Gasteiger partial charge in [-0.25, -0.2) is 9.07 Å². The van der Waals surface area contributed by atoms with Gasteiger partial charge in [-0.05, 0) is 34.2 Å². The molecule has 96 valence electrons. The van der Waals surface area contributed by atoms with Crippen LogP contribution in [0.5, 0.6) is 0 Å². The van der Waals surface area contributed by atoms with Crippen LogP contribution in [0.25, 0.3) is 0 Å². The zero-order valence-electron chi connectivity index (χ0n) is 9.38. The van der Waals surface area contributed by atoms with E-state index in [1.165, 1.54) is 17.8 Å². The fraction of sp³-hybridized carbons (Fsp3) is 0.300. The molecule has 2 rings (SSSR count). The highest BCUT2D eigenvalue weighted by molar-refractivity contribution is 9.10. The maximum absolute atomic E-state index is 13.5. The second-order valence-corrected chi connectivity index (χ2v) is 5.36. The molecule has 5 nitrogen and oxygen atoms in total. The fourth-order valence-corrected chi connectivity index (χ4v) is 2.64. The molecule has 0 spiro atoms. The summed E-state index contributed by atoms with van der Waals surface area (Å²) in [6.45, 7) is 1.01. The first-order valence-electron chi connectivity index (χ1n) is 5.23. The molecule has 0 aliphatic carbocycles. The Balaban J connectivity index is 2.06. The van der Waals surface area contributed by atoms with Crippen LogP contribution in [0, 0.1) is 5.82 Å². The van der Waals surface area contributed by atoms with E-state index in [2.05, 4.69) is 31.5 Å². The second-order valence-electron chi connectivity index (χ2n) is 3.50. The van der Waals surface area contributed by atoms with Gasteiger partial charge in [-0.1, -0.05) is 27.7 Å². The summed E-state index contributed by atoms with van der Waals surface area (Å²) in [6.07, 6.45) is 0. The van der Waals surface area contributed by atoms with Crippen molar-refractivity contribution in [3.63, 3.8) is 0 Å². The van der Waals surface area contributed by atoms with Gasteiger partial charge in [0.25, 0.3) is 0 Å². The first-order valence-corrected chi connectivity index (χ1v) is 7.01. The zero-order valence-corrected chi connectivity index (χ0v) is 11.8. The number of halogens is 2. The molecular weight excluding hydrogens is 321 g/mol. The van der Waals surface area contributed by atoms with Crippen molar-refractivity contribution in [1.29, 1.82) is 0 Å². The number of tetrazole rings is 1. The van der Waals surface area contributed by atoms with Crippen LogP contribution in [0.1, 0.15) is 5.56 Å². The normalized spacial score (nSPS) is 10.8. The lowest BCUT2D eigenvalue weighted by molar-refractivity contribution is 0.556. The summed E-state index contributed by atoms with van der Waals surface area (Å²) in [7, 11) is 0. The third-order valence-corrected chi connectivity index (χ3v) is 3.70. The molecule has 0 bridgehead atoms. The minimum Gasteiger partial charge on any atom is -0.329 e. The van der Waals surface area contributed by atoms with E-state index in [-0.39, 0.29) is 5.82 Å². The number of benzene rings is 1. The summed E-state index contributed by atoms with van der Waals surface area (Å²) in [5.74, 6) is 0.236. The average Bonchev–Trinajstić information content (AvgIpc) is 2.78. The summed E-state index contributed by atoms with van der Waals surface area (Å²) in [5, 5.41) is 11.9. The number of hydrogen-bond donors (Lipinski definition) is 1. The first-order chi connectivity index (χ1) is 8.70. The Bertz CT molecular complexity index is 533. The van der Waals surface area contributed by atoms with Crippen molar-refractivity contribution in [2.24, 2.45) is 5.73 Å². The molecular formula is C10H11BrFN5S. The smallest absolute Gasteiger partial charge is 0.209 e. The standard InChI is InChI=1S/C10H11BrFN5S/c11-8-1-2-9(12)7(5-8)6-18-10-14-15-16-17(10)4-3-13/h1-2,5H,3-4,6,13H2. The van der Waals surface area contributed by atoms with E-state index in [0.29, 0.717) is 29.6 Å². The maximum atomic E-state index is 13.5. The number of aromatic nitrogens is 4. The average molecular weight is 332 g/mol. The lowest BCUT2D eigenvalue weighted by Crippen LogP contribution is -2.12. The van der Waals surface area contributed by atoms with E-state index in [4.69, 9.17) is 5.73 Å². The molecule has 0 atom stereocenters. The van der Waals surface area contributed by atoms with E-state index in [0.717, 1.165) is 4.47 Å². The maximum Gasteiger partial charge on any atom is 0.209 e. The fourth-order valence-electron chi connectivity index (χ4n) is 1.36. The Hall–Kier alpha value is -0.990. The van der Waals surface area contributed by atoms with Crippen LogP contribution in [-0.2, 0) is 12.3 Å². The Morgan fingerprint density at radius 2 is 2.28 bits per heavy atom. The SMILES string of the molecule is NCCn1nnnc1SCc1cc(Br)ccc1F. The topological polar surface area (TPSA) is 69.6 Å². The van der Waals surface area contributed by atoms with Crippen molar-refractivity contribution < 1.29 is 4.39 Å². The minimum absolute atomic E-state index is 0.233. The van der Waals surface area contributed by atoms with Gasteiger partial charge in [0.1, 0.15) is 5.82 Å². The zero-order chi connectivity index (χ0) is 13.0. The number of nitrogens with two attached hydrogens (primary N) is 1. The predicted molar refractivity (Wildman–Crippen MR) is 70.5 cm³/mol. The molecule has 1 aromatic carbocycles. The van der Waals surface area contributed by atoms with Gasteiger partial charge >= 0.3 is 0 Å². The van der Waals surface area contributed by atoms with Crippen LogP contribution in [0.15, 0.2) is 27.8 Å². The number of nitrogens with zero attached hydrogens (tertiary/aromatic N) is 4. The summed E-state index contributed by atoms with van der Waals surface area (Å²) < 4.78 is 16.0. The van der Waals surface area contributed by atoms with Crippen LogP contribution < -0.4 is 5.73 Å². The monoisotopic (exact) mass is 331 g/mol. The largest absolute Gasteiger partial charge is 0.329 e. The number of thioether (sulfide) groups is 1. The van der Waals surface area contributed by atoms with Gasteiger partial charge in [0.2, 0.25) is 5.16 Å². The Labute approximate surface area is 116 Å². The Morgan fingerprint density at radius 3 is 3.06 bits per heavy atom. The molecule has 0 aliphatic rings. The van der Waals surface area contributed by atoms with Gasteiger partial charge in [0, 0.05) is 16.8 Å². The van der Waals surface area contributed by atoms with E-state index >= 15 is 0 Å². The van der Waals surface area contributed by atoms with Gasteiger partial charge in [-0.2, -0.15) is 0 Å². The quantitative estimate of drug-likeness (QED) is 0.846. The molecule has 1 heterocycles. The highest BCUT2D eigenvalue weighted by Gasteiger charge is 2.09. The van der Waals surface area contributed by atoms with Gasteiger partial charge in [0.15, 0.2) is 0 Å². The van der Waals surface area contributed by atoms with Gasteiger partial charge < -0.3 is 5.73 Å². The number of rotatable bonds is 5. The number of hydrogen-bond acceptors (Lipinski definition) is 5. The minimum atomic E-state index is -0.233. The third-order valence-electron chi connectivity index (χ3n) is 2.20. The first kappa shape index (κ1) is 13.4. The van der Waals surface area contributed by atoms with Gasteiger partial charge in [0.05, 0.1) is 6.54 Å². The van der Waals surface area contributed by atoms with E-state index < -0.39 is 0 Å². The second kappa shape index (κ2) is 6.26. The third kappa shape index (κ3) is 3.27. The molecule has 0 fully saturated rings. The van der Waals surface area contributed by atoms with Crippen molar-refractivity contribution in [3.05, 3.63) is 34.1 Å². The van der Waals surface area contributed by atoms with Crippen LogP contribution in [0.4, 0.5) is 4.39 Å². The van der Waals surface area contributed by atoms with Crippen molar-refractivity contribution in [3.8, 4) is 0 Å². The van der Waals surface area contributed by atoms with Gasteiger partial charge in [-0.3, -0.25) is 0 Å². The summed E-state index contributed by atoms with van der Waals surface area (Å²) >= 11 is 4.70. The molecule has 18 heavy (non-hydrogen) atoms. The highest BCUT2D eigenvalue weighted by atomic mass is 79.9. The highest BCUT2D eigenvalue weighted by Crippen LogP contribution is 2.24.